The summed E-state index contributed by atoms with van der Waals surface area (Å²) in [5, 5.41) is 0. The van der Waals surface area contributed by atoms with E-state index in [0.717, 1.165) is 5.75 Å². The predicted octanol–water partition coefficient (Wildman–Crippen LogP) is 3.08. The molecule has 3 nitrogen and oxygen atoms in total. The van der Waals surface area contributed by atoms with Gasteiger partial charge in [0.05, 0.1) is 13.0 Å². The van der Waals surface area contributed by atoms with E-state index in [1.807, 2.05) is 18.7 Å². The van der Waals surface area contributed by atoms with Crippen LogP contribution in [0.15, 0.2) is 0 Å². The first kappa shape index (κ1) is 15.2. The van der Waals surface area contributed by atoms with Crippen LogP contribution in [-0.2, 0) is 9.53 Å². The van der Waals surface area contributed by atoms with Crippen molar-refractivity contribution in [3.63, 3.8) is 0 Å². The second-order valence-electron chi connectivity index (χ2n) is 5.76. The van der Waals surface area contributed by atoms with Crippen LogP contribution in [0.25, 0.3) is 0 Å². The topological polar surface area (TPSA) is 29.5 Å². The van der Waals surface area contributed by atoms with Crippen LogP contribution in [0.1, 0.15) is 51.9 Å². The van der Waals surface area contributed by atoms with E-state index < -0.39 is 0 Å². The molecule has 4 heteroatoms. The zero-order valence-electron chi connectivity index (χ0n) is 12.2. The maximum Gasteiger partial charge on any atom is 0.307 e. The van der Waals surface area contributed by atoms with Gasteiger partial charge in [0.15, 0.2) is 0 Å². The molecule has 2 heterocycles. The number of nitrogens with zero attached hydrogens (tertiary/aromatic N) is 1. The van der Waals surface area contributed by atoms with Crippen molar-refractivity contribution in [2.75, 3.05) is 31.2 Å². The van der Waals surface area contributed by atoms with E-state index in [2.05, 4.69) is 4.90 Å². The summed E-state index contributed by atoms with van der Waals surface area (Å²) < 4.78 is 5.22. The second kappa shape index (κ2) is 7.53. The number of esters is 1. The molecule has 0 aromatic carbocycles. The van der Waals surface area contributed by atoms with Crippen LogP contribution >= 0.6 is 11.8 Å². The van der Waals surface area contributed by atoms with Gasteiger partial charge in [0.2, 0.25) is 0 Å². The highest BCUT2D eigenvalue weighted by Crippen LogP contribution is 2.36. The fourth-order valence-electron chi connectivity index (χ4n) is 3.36. The van der Waals surface area contributed by atoms with Crippen LogP contribution in [0.2, 0.25) is 0 Å². The summed E-state index contributed by atoms with van der Waals surface area (Å²) in [7, 11) is 0. The molecule has 0 aromatic rings. The summed E-state index contributed by atoms with van der Waals surface area (Å²) in [6.07, 6.45) is 8.26. The summed E-state index contributed by atoms with van der Waals surface area (Å²) >= 11 is 2.01. The largest absolute Gasteiger partial charge is 0.466 e. The predicted molar refractivity (Wildman–Crippen MR) is 80.6 cm³/mol. The smallest absolute Gasteiger partial charge is 0.307 e. The Morgan fingerprint density at radius 3 is 2.53 bits per heavy atom. The molecule has 0 aromatic heterocycles. The number of likely N-dealkylation sites (tertiary alicyclic amines) is 1. The summed E-state index contributed by atoms with van der Waals surface area (Å²) in [6, 6.07) is 0. The third-order valence-corrected chi connectivity index (χ3v) is 5.68. The number of rotatable bonds is 4. The lowest BCUT2D eigenvalue weighted by Gasteiger charge is -2.45. The van der Waals surface area contributed by atoms with Crippen molar-refractivity contribution in [3.05, 3.63) is 0 Å². The Bertz CT molecular complexity index is 282. The van der Waals surface area contributed by atoms with E-state index in [-0.39, 0.29) is 11.5 Å². The minimum absolute atomic E-state index is 0.00533. The van der Waals surface area contributed by atoms with Gasteiger partial charge in [-0.05, 0) is 51.4 Å². The molecule has 1 atom stereocenters. The Kier molecular flexibility index (Phi) is 6.02. The van der Waals surface area contributed by atoms with E-state index in [4.69, 9.17) is 4.74 Å². The van der Waals surface area contributed by atoms with Crippen molar-refractivity contribution in [1.82, 2.24) is 4.90 Å². The van der Waals surface area contributed by atoms with Gasteiger partial charge in [-0.3, -0.25) is 9.69 Å². The highest BCUT2D eigenvalue weighted by Gasteiger charge is 2.40. The van der Waals surface area contributed by atoms with Gasteiger partial charge < -0.3 is 4.74 Å². The Hall–Kier alpha value is -0.220. The number of hydrogen-bond acceptors (Lipinski definition) is 4. The lowest BCUT2D eigenvalue weighted by atomic mass is 9.89. The van der Waals surface area contributed by atoms with Crippen molar-refractivity contribution in [2.45, 2.75) is 57.4 Å². The number of carbonyl (C=O) groups is 1. The Balaban J connectivity index is 2.05. The lowest BCUT2D eigenvalue weighted by Crippen LogP contribution is -2.54. The average molecular weight is 285 g/mol. The molecule has 2 aliphatic rings. The quantitative estimate of drug-likeness (QED) is 0.742. The second-order valence-corrected chi connectivity index (χ2v) is 6.87. The molecule has 2 saturated heterocycles. The highest BCUT2D eigenvalue weighted by atomic mass is 32.2. The number of ether oxygens (including phenoxy) is 1. The van der Waals surface area contributed by atoms with E-state index in [1.54, 1.807) is 0 Å². The first-order valence-electron chi connectivity index (χ1n) is 7.75. The highest BCUT2D eigenvalue weighted by molar-refractivity contribution is 7.99. The standard InChI is InChI=1S/C15H27NO2S/c1-2-18-14(17)12-15(8-7-11-19-13-15)16-9-5-3-4-6-10-16/h2-13H2,1H3. The number of hydrogen-bond donors (Lipinski definition) is 0. The average Bonchev–Trinajstić information content (AvgIpc) is 2.69. The molecular formula is C15H27NO2S. The van der Waals surface area contributed by atoms with Crippen LogP contribution in [0, 0.1) is 0 Å². The molecule has 0 N–H and O–H groups in total. The van der Waals surface area contributed by atoms with E-state index in [1.165, 1.54) is 57.4 Å². The van der Waals surface area contributed by atoms with Crippen molar-refractivity contribution < 1.29 is 9.53 Å². The molecule has 0 bridgehead atoms. The van der Waals surface area contributed by atoms with Crippen molar-refractivity contribution in [1.29, 1.82) is 0 Å². The van der Waals surface area contributed by atoms with Crippen molar-refractivity contribution in [3.8, 4) is 0 Å². The lowest BCUT2D eigenvalue weighted by molar-refractivity contribution is -0.146. The molecule has 0 aliphatic carbocycles. The molecular weight excluding hydrogens is 258 g/mol. The van der Waals surface area contributed by atoms with Crippen LogP contribution in [-0.4, -0.2) is 47.6 Å². The minimum atomic E-state index is -0.00533. The molecule has 19 heavy (non-hydrogen) atoms. The third-order valence-electron chi connectivity index (χ3n) is 4.36. The van der Waals surface area contributed by atoms with E-state index in [0.29, 0.717) is 13.0 Å². The molecule has 0 saturated carbocycles. The van der Waals surface area contributed by atoms with Crippen molar-refractivity contribution in [2.24, 2.45) is 0 Å². The maximum atomic E-state index is 12.0. The third kappa shape index (κ3) is 4.12. The fraction of sp³-hybridized carbons (Fsp3) is 0.933. The van der Waals surface area contributed by atoms with Gasteiger partial charge in [0.1, 0.15) is 0 Å². The van der Waals surface area contributed by atoms with Gasteiger partial charge in [0, 0.05) is 11.3 Å². The monoisotopic (exact) mass is 285 g/mol. The first-order chi connectivity index (χ1) is 9.27. The number of thioether (sulfide) groups is 1. The van der Waals surface area contributed by atoms with Crippen LogP contribution in [0.3, 0.4) is 0 Å². The SMILES string of the molecule is CCOC(=O)CC1(N2CCCCCC2)CCCSC1. The van der Waals surface area contributed by atoms with E-state index >= 15 is 0 Å². The molecule has 0 amide bonds. The first-order valence-corrected chi connectivity index (χ1v) is 8.91. The van der Waals surface area contributed by atoms with Gasteiger partial charge in [-0.15, -0.1) is 0 Å². The Labute approximate surface area is 121 Å². The molecule has 2 aliphatic heterocycles. The molecule has 2 rings (SSSR count). The fourth-order valence-corrected chi connectivity index (χ4v) is 4.67. The Morgan fingerprint density at radius 2 is 1.95 bits per heavy atom. The van der Waals surface area contributed by atoms with E-state index in [9.17, 15) is 4.79 Å². The van der Waals surface area contributed by atoms with Gasteiger partial charge in [-0.2, -0.15) is 11.8 Å². The minimum Gasteiger partial charge on any atom is -0.466 e. The van der Waals surface area contributed by atoms with Crippen molar-refractivity contribution >= 4 is 17.7 Å². The maximum absolute atomic E-state index is 12.0. The van der Waals surface area contributed by atoms with Crippen LogP contribution in [0.4, 0.5) is 0 Å². The van der Waals surface area contributed by atoms with Crippen LogP contribution in [0.5, 0.6) is 0 Å². The molecule has 2 fully saturated rings. The summed E-state index contributed by atoms with van der Waals surface area (Å²) in [4.78, 5) is 14.6. The summed E-state index contributed by atoms with van der Waals surface area (Å²) in [5.41, 5.74) is 0.0828. The Morgan fingerprint density at radius 1 is 1.21 bits per heavy atom. The molecule has 0 spiro atoms. The number of carbonyl (C=O) groups excluding carboxylic acids is 1. The summed E-state index contributed by atoms with van der Waals surface area (Å²) in [5.74, 6) is 2.35. The molecule has 1 unspecified atom stereocenters. The van der Waals surface area contributed by atoms with Crippen LogP contribution < -0.4 is 0 Å². The molecule has 110 valence electrons. The van der Waals surface area contributed by atoms with Gasteiger partial charge in [0.25, 0.3) is 0 Å². The summed E-state index contributed by atoms with van der Waals surface area (Å²) in [6.45, 7) is 4.73. The van der Waals surface area contributed by atoms with Gasteiger partial charge >= 0.3 is 5.97 Å². The zero-order valence-corrected chi connectivity index (χ0v) is 13.0. The normalized spacial score (nSPS) is 29.7. The van der Waals surface area contributed by atoms with Gasteiger partial charge in [-0.1, -0.05) is 12.8 Å². The van der Waals surface area contributed by atoms with Gasteiger partial charge in [-0.25, -0.2) is 0 Å². The zero-order chi connectivity index (χ0) is 13.6. The molecule has 0 radical (unpaired) electrons.